The van der Waals surface area contributed by atoms with E-state index in [-0.39, 0.29) is 41.9 Å². The summed E-state index contributed by atoms with van der Waals surface area (Å²) in [6.07, 6.45) is -0.975. The molecule has 0 saturated carbocycles. The van der Waals surface area contributed by atoms with Crippen LogP contribution in [0.3, 0.4) is 0 Å². The first-order valence-corrected chi connectivity index (χ1v) is 13.0. The van der Waals surface area contributed by atoms with E-state index in [2.05, 4.69) is 4.98 Å². The lowest BCUT2D eigenvalue weighted by atomic mass is 10.0. The Hall–Kier alpha value is -3.87. The number of carbonyl (C=O) groups excluding carboxylic acids is 2. The van der Waals surface area contributed by atoms with Gasteiger partial charge in [0, 0.05) is 11.6 Å². The maximum Gasteiger partial charge on any atom is 0.280 e. The summed E-state index contributed by atoms with van der Waals surface area (Å²) in [6.45, 7) is 6.63. The van der Waals surface area contributed by atoms with Crippen LogP contribution in [0.2, 0.25) is 5.02 Å². The molecular formula is C28H29ClF2N4O6. The Morgan fingerprint density at radius 3 is 2.41 bits per heavy atom. The summed E-state index contributed by atoms with van der Waals surface area (Å²) >= 11 is 6.29. The minimum atomic E-state index is -1.73. The standard InChI is InChI=1S/C28H29ClF2N4O6/c1-14(15(2)36)25(37)33-13-34(27(39)28(4,5)40)21-9-8-19(11-22(21)33)35-16(3)32-24(23(29)26(35)38)41-12-17-6-7-18(30)10-20(17)31/h6-11,14-15,36,40H,12-13H2,1-5H3. The third-order valence-electron chi connectivity index (χ3n) is 6.77. The van der Waals surface area contributed by atoms with Gasteiger partial charge in [-0.3, -0.25) is 28.8 Å². The molecular weight excluding hydrogens is 562 g/mol. The van der Waals surface area contributed by atoms with Crippen LogP contribution >= 0.6 is 11.6 Å². The first kappa shape index (κ1) is 30.1. The van der Waals surface area contributed by atoms with Crippen molar-refractivity contribution in [2.75, 3.05) is 16.5 Å². The highest BCUT2D eigenvalue weighted by molar-refractivity contribution is 6.31. The third kappa shape index (κ3) is 5.81. The summed E-state index contributed by atoms with van der Waals surface area (Å²) in [7, 11) is 0. The fourth-order valence-corrected chi connectivity index (χ4v) is 4.48. The van der Waals surface area contributed by atoms with Crippen LogP contribution in [-0.2, 0) is 16.2 Å². The van der Waals surface area contributed by atoms with Crippen LogP contribution in [0, 0.1) is 24.5 Å². The second kappa shape index (κ2) is 11.2. The van der Waals surface area contributed by atoms with Gasteiger partial charge in [0.05, 0.1) is 29.1 Å². The highest BCUT2D eigenvalue weighted by atomic mass is 35.5. The SMILES string of the molecule is Cc1nc(OCc2ccc(F)cc2F)c(Cl)c(=O)n1-c1ccc2c(c1)N(C(=O)C(C)C(C)O)CN2C(=O)C(C)(C)O. The molecule has 218 valence electrons. The molecule has 0 bridgehead atoms. The van der Waals surface area contributed by atoms with Gasteiger partial charge in [-0.05, 0) is 58.0 Å². The van der Waals surface area contributed by atoms with Crippen LogP contribution < -0.4 is 20.1 Å². The van der Waals surface area contributed by atoms with E-state index in [4.69, 9.17) is 16.3 Å². The summed E-state index contributed by atoms with van der Waals surface area (Å²) < 4.78 is 33.9. The second-order valence-corrected chi connectivity index (χ2v) is 10.7. The highest BCUT2D eigenvalue weighted by Gasteiger charge is 2.40. The molecule has 4 rings (SSSR count). The first-order chi connectivity index (χ1) is 19.1. The van der Waals surface area contributed by atoms with E-state index >= 15 is 0 Å². The van der Waals surface area contributed by atoms with Crippen LogP contribution in [0.25, 0.3) is 5.69 Å². The first-order valence-electron chi connectivity index (χ1n) is 12.7. The number of aryl methyl sites for hydroxylation is 1. The van der Waals surface area contributed by atoms with Gasteiger partial charge in [-0.15, -0.1) is 0 Å². The monoisotopic (exact) mass is 590 g/mol. The number of hydrogen-bond acceptors (Lipinski definition) is 7. The number of aliphatic hydroxyl groups excluding tert-OH is 1. The number of halogens is 3. The van der Waals surface area contributed by atoms with Crippen molar-refractivity contribution in [1.29, 1.82) is 0 Å². The van der Waals surface area contributed by atoms with Gasteiger partial charge in [-0.25, -0.2) is 8.78 Å². The number of ether oxygens (including phenoxy) is 1. The maximum absolute atomic E-state index is 14.0. The smallest absolute Gasteiger partial charge is 0.280 e. The van der Waals surface area contributed by atoms with E-state index in [9.17, 15) is 33.4 Å². The van der Waals surface area contributed by atoms with Crippen molar-refractivity contribution < 1.29 is 33.3 Å². The van der Waals surface area contributed by atoms with Crippen molar-refractivity contribution in [3.63, 3.8) is 0 Å². The van der Waals surface area contributed by atoms with Crippen molar-refractivity contribution in [2.24, 2.45) is 5.92 Å². The zero-order valence-electron chi connectivity index (χ0n) is 23.0. The van der Waals surface area contributed by atoms with Crippen LogP contribution in [0.15, 0.2) is 41.2 Å². The number of fused-ring (bicyclic) bond motifs is 1. The van der Waals surface area contributed by atoms with Crippen molar-refractivity contribution in [3.8, 4) is 11.6 Å². The Balaban J connectivity index is 1.74. The van der Waals surface area contributed by atoms with Crippen LogP contribution in [-0.4, -0.2) is 50.0 Å². The van der Waals surface area contributed by atoms with Gasteiger partial charge in [0.15, 0.2) is 5.02 Å². The van der Waals surface area contributed by atoms with Crippen molar-refractivity contribution in [1.82, 2.24) is 9.55 Å². The van der Waals surface area contributed by atoms with E-state index in [1.165, 1.54) is 66.3 Å². The number of hydrogen-bond donors (Lipinski definition) is 2. The molecule has 1 aromatic heterocycles. The zero-order chi connectivity index (χ0) is 30.4. The number of benzene rings is 2. The fraction of sp³-hybridized carbons (Fsp3) is 0.357. The van der Waals surface area contributed by atoms with E-state index in [0.29, 0.717) is 11.8 Å². The van der Waals surface area contributed by atoms with Crippen LogP contribution in [0.1, 0.15) is 39.1 Å². The van der Waals surface area contributed by atoms with Crippen molar-refractivity contribution in [3.05, 3.63) is 74.8 Å². The lowest BCUT2D eigenvalue weighted by molar-refractivity contribution is -0.133. The molecule has 0 aliphatic carbocycles. The van der Waals surface area contributed by atoms with E-state index in [1.54, 1.807) is 6.92 Å². The molecule has 0 saturated heterocycles. The third-order valence-corrected chi connectivity index (χ3v) is 7.10. The molecule has 2 aromatic carbocycles. The Bertz CT molecular complexity index is 1590. The van der Waals surface area contributed by atoms with Gasteiger partial charge >= 0.3 is 0 Å². The second-order valence-electron chi connectivity index (χ2n) is 10.3. The molecule has 1 aliphatic heterocycles. The number of nitrogens with zero attached hydrogens (tertiary/aromatic N) is 4. The predicted molar refractivity (Wildman–Crippen MR) is 147 cm³/mol. The van der Waals surface area contributed by atoms with Crippen molar-refractivity contribution >= 4 is 34.8 Å². The normalized spacial score (nSPS) is 14.6. The van der Waals surface area contributed by atoms with Gasteiger partial charge in [0.25, 0.3) is 11.5 Å². The van der Waals surface area contributed by atoms with Crippen LogP contribution in [0.5, 0.6) is 5.88 Å². The molecule has 3 aromatic rings. The molecule has 2 N–H and O–H groups in total. The molecule has 0 radical (unpaired) electrons. The molecule has 10 nitrogen and oxygen atoms in total. The Labute approximate surface area is 239 Å². The fourth-order valence-electron chi connectivity index (χ4n) is 4.30. The number of carbonyl (C=O) groups is 2. The van der Waals surface area contributed by atoms with E-state index in [0.717, 1.165) is 6.07 Å². The number of amides is 2. The topological polar surface area (TPSA) is 125 Å². The Morgan fingerprint density at radius 1 is 1.12 bits per heavy atom. The zero-order valence-corrected chi connectivity index (χ0v) is 23.7. The van der Waals surface area contributed by atoms with Gasteiger partial charge in [0.1, 0.15) is 36.3 Å². The highest BCUT2D eigenvalue weighted by Crippen LogP contribution is 2.40. The molecule has 2 heterocycles. The molecule has 2 unspecified atom stereocenters. The van der Waals surface area contributed by atoms with Gasteiger partial charge < -0.3 is 14.9 Å². The molecule has 0 spiro atoms. The summed E-state index contributed by atoms with van der Waals surface area (Å²) in [6, 6.07) is 7.53. The summed E-state index contributed by atoms with van der Waals surface area (Å²) in [4.78, 5) is 46.4. The molecule has 2 amide bonds. The molecule has 41 heavy (non-hydrogen) atoms. The average molecular weight is 591 g/mol. The van der Waals surface area contributed by atoms with Gasteiger partial charge in [0.2, 0.25) is 11.8 Å². The summed E-state index contributed by atoms with van der Waals surface area (Å²) in [5, 5.41) is 20.0. The average Bonchev–Trinajstić information content (AvgIpc) is 3.27. The molecule has 13 heteroatoms. The van der Waals surface area contributed by atoms with E-state index < -0.39 is 51.7 Å². The van der Waals surface area contributed by atoms with Crippen molar-refractivity contribution in [2.45, 2.75) is 52.9 Å². The lowest BCUT2D eigenvalue weighted by Crippen LogP contribution is -2.48. The lowest BCUT2D eigenvalue weighted by Gasteiger charge is -2.26. The molecule has 1 aliphatic rings. The summed E-state index contributed by atoms with van der Waals surface area (Å²) in [5.41, 5.74) is -1.57. The molecule has 2 atom stereocenters. The minimum absolute atomic E-state index is 0.0334. The molecule has 0 fully saturated rings. The quantitative estimate of drug-likeness (QED) is 0.432. The number of aliphatic hydroxyl groups is 2. The Morgan fingerprint density at radius 2 is 1.80 bits per heavy atom. The Kier molecular flexibility index (Phi) is 8.21. The maximum atomic E-state index is 14.0. The number of anilines is 2. The van der Waals surface area contributed by atoms with Gasteiger partial charge in [-0.1, -0.05) is 18.5 Å². The predicted octanol–water partition coefficient (Wildman–Crippen LogP) is 3.48. The number of aromatic nitrogens is 2. The number of rotatable bonds is 7. The van der Waals surface area contributed by atoms with Crippen LogP contribution in [0.4, 0.5) is 20.2 Å². The largest absolute Gasteiger partial charge is 0.471 e. The minimum Gasteiger partial charge on any atom is -0.471 e. The van der Waals surface area contributed by atoms with Gasteiger partial charge in [-0.2, -0.15) is 4.98 Å². The van der Waals surface area contributed by atoms with E-state index in [1.807, 2.05) is 0 Å². The summed E-state index contributed by atoms with van der Waals surface area (Å²) in [5.74, 6) is -3.61.